The van der Waals surface area contributed by atoms with E-state index in [1.165, 1.54) is 0 Å². The van der Waals surface area contributed by atoms with E-state index >= 15 is 0 Å². The molecule has 3 aromatic rings. The minimum atomic E-state index is 0.571. The van der Waals surface area contributed by atoms with Gasteiger partial charge in [0.15, 0.2) is 10.6 Å². The molecule has 0 aliphatic heterocycles. The minimum absolute atomic E-state index is 0.571. The van der Waals surface area contributed by atoms with Crippen LogP contribution in [-0.2, 0) is 13.6 Å². The number of nitrogens with one attached hydrogen (secondary N) is 1. The Morgan fingerprint density at radius 3 is 2.84 bits per heavy atom. The van der Waals surface area contributed by atoms with Gasteiger partial charge in [0.05, 0.1) is 12.2 Å². The standard InChI is InChI=1S/C12H12N6S/c1-17-9(5-7-14-17)8-18-11(15-16-12(18)19)10-4-2-3-6-13-10/h2-7H,8H2,1H3,(H,16,19). The largest absolute Gasteiger partial charge is 0.293 e. The molecule has 1 N–H and O–H groups in total. The van der Waals surface area contributed by atoms with Crippen molar-refractivity contribution in [3.8, 4) is 11.5 Å². The third kappa shape index (κ3) is 2.19. The molecule has 0 fully saturated rings. The van der Waals surface area contributed by atoms with E-state index in [2.05, 4.69) is 20.3 Å². The van der Waals surface area contributed by atoms with Gasteiger partial charge in [-0.15, -0.1) is 0 Å². The molecule has 0 atom stereocenters. The van der Waals surface area contributed by atoms with Gasteiger partial charge in [0.1, 0.15) is 5.69 Å². The number of hydrogen-bond donors (Lipinski definition) is 1. The Balaban J connectivity index is 2.05. The Morgan fingerprint density at radius 2 is 2.16 bits per heavy atom. The molecular formula is C12H12N6S. The van der Waals surface area contributed by atoms with E-state index in [9.17, 15) is 0 Å². The van der Waals surface area contributed by atoms with Crippen molar-refractivity contribution in [2.24, 2.45) is 7.05 Å². The predicted molar refractivity (Wildman–Crippen MR) is 73.0 cm³/mol. The highest BCUT2D eigenvalue weighted by atomic mass is 32.1. The summed E-state index contributed by atoms with van der Waals surface area (Å²) in [7, 11) is 1.90. The van der Waals surface area contributed by atoms with E-state index in [0.29, 0.717) is 11.3 Å². The molecule has 0 spiro atoms. The molecule has 0 bridgehead atoms. The molecule has 7 heteroatoms. The molecule has 6 nitrogen and oxygen atoms in total. The number of aryl methyl sites for hydroxylation is 1. The second-order valence-electron chi connectivity index (χ2n) is 4.10. The molecule has 0 aromatic carbocycles. The van der Waals surface area contributed by atoms with Gasteiger partial charge in [0.25, 0.3) is 0 Å². The Bertz CT molecular complexity index is 739. The van der Waals surface area contributed by atoms with Crippen molar-refractivity contribution in [1.82, 2.24) is 29.5 Å². The summed E-state index contributed by atoms with van der Waals surface area (Å²) in [6, 6.07) is 7.66. The van der Waals surface area contributed by atoms with Crippen molar-refractivity contribution in [3.05, 3.63) is 47.1 Å². The van der Waals surface area contributed by atoms with Gasteiger partial charge in [0, 0.05) is 19.4 Å². The van der Waals surface area contributed by atoms with Crippen LogP contribution in [0.25, 0.3) is 11.5 Å². The summed E-state index contributed by atoms with van der Waals surface area (Å²) in [6.07, 6.45) is 3.50. The van der Waals surface area contributed by atoms with Crippen LogP contribution in [0.5, 0.6) is 0 Å². The Kier molecular flexibility index (Phi) is 2.96. The Hall–Kier alpha value is -2.28. The number of pyridine rings is 1. The third-order valence-corrected chi connectivity index (χ3v) is 3.21. The quantitative estimate of drug-likeness (QED) is 0.738. The van der Waals surface area contributed by atoms with E-state index in [-0.39, 0.29) is 0 Å². The molecule has 3 rings (SSSR count). The molecule has 3 aromatic heterocycles. The van der Waals surface area contributed by atoms with Gasteiger partial charge in [-0.3, -0.25) is 19.3 Å². The second kappa shape index (κ2) is 4.77. The SMILES string of the molecule is Cn1nccc1Cn1c(-c2ccccn2)n[nH]c1=S. The van der Waals surface area contributed by atoms with E-state index in [4.69, 9.17) is 12.2 Å². The van der Waals surface area contributed by atoms with Gasteiger partial charge >= 0.3 is 0 Å². The first-order valence-corrected chi connectivity index (χ1v) is 6.20. The normalized spacial score (nSPS) is 10.8. The molecule has 0 aliphatic rings. The predicted octanol–water partition coefficient (Wildman–Crippen LogP) is 1.78. The lowest BCUT2D eigenvalue weighted by Gasteiger charge is -2.06. The number of hydrogen-bond acceptors (Lipinski definition) is 4. The molecule has 0 saturated heterocycles. The van der Waals surface area contributed by atoms with Crippen LogP contribution >= 0.6 is 12.2 Å². The first-order chi connectivity index (χ1) is 9.25. The lowest BCUT2D eigenvalue weighted by atomic mass is 10.3. The number of H-pyrrole nitrogens is 1. The van der Waals surface area contributed by atoms with Crippen molar-refractivity contribution < 1.29 is 0 Å². The molecule has 0 amide bonds. The minimum Gasteiger partial charge on any atom is -0.293 e. The van der Waals surface area contributed by atoms with Crippen LogP contribution in [0, 0.1) is 4.77 Å². The highest BCUT2D eigenvalue weighted by molar-refractivity contribution is 7.71. The van der Waals surface area contributed by atoms with Gasteiger partial charge in [-0.25, -0.2) is 0 Å². The molecule has 0 aliphatic carbocycles. The van der Waals surface area contributed by atoms with Crippen molar-refractivity contribution in [2.45, 2.75) is 6.54 Å². The van der Waals surface area contributed by atoms with Gasteiger partial charge in [-0.2, -0.15) is 10.2 Å². The lowest BCUT2D eigenvalue weighted by Crippen LogP contribution is -2.07. The van der Waals surface area contributed by atoms with Crippen LogP contribution in [0.1, 0.15) is 5.69 Å². The maximum absolute atomic E-state index is 5.28. The third-order valence-electron chi connectivity index (χ3n) is 2.89. The summed E-state index contributed by atoms with van der Waals surface area (Å²) < 4.78 is 4.30. The zero-order chi connectivity index (χ0) is 13.2. The van der Waals surface area contributed by atoms with E-state index < -0.39 is 0 Å². The number of aromatic nitrogens is 6. The summed E-state index contributed by atoms with van der Waals surface area (Å²) in [4.78, 5) is 4.30. The first kappa shape index (κ1) is 11.8. The monoisotopic (exact) mass is 272 g/mol. The van der Waals surface area contributed by atoms with Gasteiger partial charge in [-0.05, 0) is 30.4 Å². The van der Waals surface area contributed by atoms with Gasteiger partial charge in [0.2, 0.25) is 0 Å². The summed E-state index contributed by atoms with van der Waals surface area (Å²) in [5, 5.41) is 11.2. The van der Waals surface area contributed by atoms with Crippen LogP contribution in [-0.4, -0.2) is 29.5 Å². The first-order valence-electron chi connectivity index (χ1n) is 5.79. The van der Waals surface area contributed by atoms with Crippen LogP contribution in [0.4, 0.5) is 0 Å². The topological polar surface area (TPSA) is 64.3 Å². The highest BCUT2D eigenvalue weighted by Gasteiger charge is 2.11. The van der Waals surface area contributed by atoms with Crippen molar-refractivity contribution in [3.63, 3.8) is 0 Å². The molecule has 19 heavy (non-hydrogen) atoms. The summed E-state index contributed by atoms with van der Waals surface area (Å²) in [6.45, 7) is 0.609. The van der Waals surface area contributed by atoms with Crippen molar-refractivity contribution in [2.75, 3.05) is 0 Å². The van der Waals surface area contributed by atoms with Crippen LogP contribution in [0.15, 0.2) is 36.7 Å². The molecule has 96 valence electrons. The maximum atomic E-state index is 5.28. The smallest absolute Gasteiger partial charge is 0.195 e. The Labute approximate surface area is 114 Å². The fraction of sp³-hybridized carbons (Fsp3) is 0.167. The fourth-order valence-corrected chi connectivity index (χ4v) is 2.07. The van der Waals surface area contributed by atoms with Crippen LogP contribution in [0.3, 0.4) is 0 Å². The number of rotatable bonds is 3. The van der Waals surface area contributed by atoms with Gasteiger partial charge in [-0.1, -0.05) is 6.07 Å². The molecule has 0 unspecified atom stereocenters. The van der Waals surface area contributed by atoms with Gasteiger partial charge < -0.3 is 0 Å². The van der Waals surface area contributed by atoms with E-state index in [0.717, 1.165) is 17.2 Å². The summed E-state index contributed by atoms with van der Waals surface area (Å²) in [5.41, 5.74) is 1.84. The highest BCUT2D eigenvalue weighted by Crippen LogP contribution is 2.15. The maximum Gasteiger partial charge on any atom is 0.195 e. The van der Waals surface area contributed by atoms with Crippen molar-refractivity contribution >= 4 is 12.2 Å². The summed E-state index contributed by atoms with van der Waals surface area (Å²) >= 11 is 5.28. The average molecular weight is 272 g/mol. The summed E-state index contributed by atoms with van der Waals surface area (Å²) in [5.74, 6) is 0.729. The second-order valence-corrected chi connectivity index (χ2v) is 4.49. The zero-order valence-electron chi connectivity index (χ0n) is 10.3. The Morgan fingerprint density at radius 1 is 1.26 bits per heavy atom. The average Bonchev–Trinajstić information content (AvgIpc) is 2.99. The molecule has 3 heterocycles. The number of aromatic amines is 1. The van der Waals surface area contributed by atoms with E-state index in [1.54, 1.807) is 12.4 Å². The van der Waals surface area contributed by atoms with Crippen LogP contribution < -0.4 is 0 Å². The zero-order valence-corrected chi connectivity index (χ0v) is 11.1. The van der Waals surface area contributed by atoms with E-state index in [1.807, 2.05) is 40.6 Å². The molecular weight excluding hydrogens is 260 g/mol. The fourth-order valence-electron chi connectivity index (χ4n) is 1.87. The molecule has 0 radical (unpaired) electrons. The van der Waals surface area contributed by atoms with Crippen molar-refractivity contribution in [1.29, 1.82) is 0 Å². The van der Waals surface area contributed by atoms with Crippen LogP contribution in [0.2, 0.25) is 0 Å². The number of nitrogens with zero attached hydrogens (tertiary/aromatic N) is 5. The lowest BCUT2D eigenvalue weighted by molar-refractivity contribution is 0.664. The molecule has 0 saturated carbocycles.